The Bertz CT molecular complexity index is 1310. The second-order valence-electron chi connectivity index (χ2n) is 6.82. The van der Waals surface area contributed by atoms with E-state index >= 15 is 0 Å². The molecule has 0 radical (unpaired) electrons. The molecule has 0 N–H and O–H groups in total. The third-order valence-electron chi connectivity index (χ3n) is 4.74. The maximum Gasteiger partial charge on any atom is 0.416 e. The van der Waals surface area contributed by atoms with Crippen molar-refractivity contribution in [1.29, 1.82) is 0 Å². The highest BCUT2D eigenvalue weighted by atomic mass is 19.4. The van der Waals surface area contributed by atoms with Gasteiger partial charge in [0.05, 0.1) is 16.6 Å². The lowest BCUT2D eigenvalue weighted by Gasteiger charge is -2.11. The number of hydrogen-bond acceptors (Lipinski definition) is 3. The zero-order valence-electron chi connectivity index (χ0n) is 15.7. The molecule has 0 fully saturated rings. The van der Waals surface area contributed by atoms with Crippen molar-refractivity contribution in [3.63, 3.8) is 0 Å². The van der Waals surface area contributed by atoms with Crippen LogP contribution in [0, 0.1) is 10.7 Å². The highest BCUT2D eigenvalue weighted by Crippen LogP contribution is 2.33. The van der Waals surface area contributed by atoms with Crippen molar-refractivity contribution in [2.45, 2.75) is 12.6 Å². The molecule has 0 spiro atoms. The maximum atomic E-state index is 13.6. The van der Waals surface area contributed by atoms with Gasteiger partial charge >= 0.3 is 12.1 Å². The topological polar surface area (TPSA) is 64.3 Å². The summed E-state index contributed by atoms with van der Waals surface area (Å²) in [5.41, 5.74) is 0.598. The van der Waals surface area contributed by atoms with Crippen LogP contribution in [0.4, 0.5) is 17.6 Å². The summed E-state index contributed by atoms with van der Waals surface area (Å²) >= 11 is 0. The van der Waals surface area contributed by atoms with Crippen molar-refractivity contribution in [1.82, 2.24) is 9.55 Å². The SMILES string of the molecule is O=NC(=O)c1cccc(-n2c(Cc3cccc(F)c3)nc3cc(C(F)(F)F)ccc32)c1. The smallest absolute Gasteiger partial charge is 0.296 e. The summed E-state index contributed by atoms with van der Waals surface area (Å²) in [6, 6.07) is 14.9. The first-order chi connectivity index (χ1) is 14.8. The van der Waals surface area contributed by atoms with E-state index in [4.69, 9.17) is 0 Å². The molecule has 1 amide bonds. The number of hydrogen-bond donors (Lipinski definition) is 0. The normalized spacial score (nSPS) is 11.6. The number of carbonyl (C=O) groups is 1. The molecule has 1 aromatic heterocycles. The van der Waals surface area contributed by atoms with Gasteiger partial charge in [-0.05, 0) is 54.1 Å². The van der Waals surface area contributed by atoms with Crippen LogP contribution in [0.5, 0.6) is 0 Å². The molecule has 0 saturated carbocycles. The van der Waals surface area contributed by atoms with E-state index in [-0.39, 0.29) is 17.5 Å². The molecule has 0 bridgehead atoms. The van der Waals surface area contributed by atoms with Crippen LogP contribution in [0.15, 0.2) is 71.9 Å². The van der Waals surface area contributed by atoms with Crippen molar-refractivity contribution in [3.8, 4) is 5.69 Å². The van der Waals surface area contributed by atoms with Crippen molar-refractivity contribution >= 4 is 16.9 Å². The van der Waals surface area contributed by atoms with E-state index in [0.29, 0.717) is 22.6 Å². The summed E-state index contributed by atoms with van der Waals surface area (Å²) < 4.78 is 54.7. The second kappa shape index (κ2) is 7.75. The Balaban J connectivity index is 1.92. The standard InChI is InChI=1S/C22H13F4N3O2/c23-16-5-1-3-13(9-16)10-20-27-18-12-15(22(24,25)26)7-8-19(18)29(20)17-6-2-4-14(11-17)21(30)28-31/h1-9,11-12H,10H2. The largest absolute Gasteiger partial charge is 0.416 e. The predicted molar refractivity (Wildman–Crippen MR) is 105 cm³/mol. The molecule has 9 heteroatoms. The van der Waals surface area contributed by atoms with E-state index in [0.717, 1.165) is 12.1 Å². The van der Waals surface area contributed by atoms with Crippen LogP contribution < -0.4 is 0 Å². The van der Waals surface area contributed by atoms with Gasteiger partial charge in [-0.25, -0.2) is 9.37 Å². The van der Waals surface area contributed by atoms with Gasteiger partial charge in [-0.15, -0.1) is 4.91 Å². The van der Waals surface area contributed by atoms with E-state index in [9.17, 15) is 27.3 Å². The fourth-order valence-corrected chi connectivity index (χ4v) is 3.37. The van der Waals surface area contributed by atoms with Crippen molar-refractivity contribution in [3.05, 3.63) is 100.0 Å². The summed E-state index contributed by atoms with van der Waals surface area (Å²) in [6.45, 7) is 0. The van der Waals surface area contributed by atoms with Gasteiger partial charge in [0.1, 0.15) is 11.6 Å². The number of rotatable bonds is 4. The van der Waals surface area contributed by atoms with Crippen molar-refractivity contribution in [2.75, 3.05) is 0 Å². The first-order valence-corrected chi connectivity index (χ1v) is 9.07. The summed E-state index contributed by atoms with van der Waals surface area (Å²) in [5, 5.41) is 2.40. The molecule has 4 aromatic rings. The molecular weight excluding hydrogens is 414 g/mol. The Kier molecular flexibility index (Phi) is 5.10. The number of imidazole rings is 1. The molecule has 31 heavy (non-hydrogen) atoms. The molecule has 1 heterocycles. The molecular formula is C22H13F4N3O2. The second-order valence-corrected chi connectivity index (χ2v) is 6.82. The molecule has 0 atom stereocenters. The van der Waals surface area contributed by atoms with Crippen LogP contribution in [0.2, 0.25) is 0 Å². The lowest BCUT2D eigenvalue weighted by molar-refractivity contribution is -0.137. The van der Waals surface area contributed by atoms with E-state index in [1.165, 1.54) is 42.5 Å². The molecule has 156 valence electrons. The van der Waals surface area contributed by atoms with Gasteiger partial charge in [0.15, 0.2) is 0 Å². The first kappa shape index (κ1) is 20.4. The Morgan fingerprint density at radius 3 is 2.48 bits per heavy atom. The molecule has 0 saturated heterocycles. The minimum absolute atomic E-state index is 0.0259. The summed E-state index contributed by atoms with van der Waals surface area (Å²) in [5.74, 6) is -1.09. The lowest BCUT2D eigenvalue weighted by Crippen LogP contribution is -2.05. The van der Waals surface area contributed by atoms with Gasteiger partial charge in [0.2, 0.25) is 0 Å². The van der Waals surface area contributed by atoms with Gasteiger partial charge in [-0.3, -0.25) is 9.36 Å². The van der Waals surface area contributed by atoms with Gasteiger partial charge in [0, 0.05) is 22.8 Å². The molecule has 0 aliphatic rings. The van der Waals surface area contributed by atoms with Crippen molar-refractivity contribution < 1.29 is 22.4 Å². The van der Waals surface area contributed by atoms with Crippen LogP contribution in [-0.4, -0.2) is 15.5 Å². The lowest BCUT2D eigenvalue weighted by atomic mass is 10.1. The average Bonchev–Trinajstić information content (AvgIpc) is 3.09. The number of amides is 1. The number of benzene rings is 3. The maximum absolute atomic E-state index is 13.6. The highest BCUT2D eigenvalue weighted by molar-refractivity contribution is 5.95. The molecule has 5 nitrogen and oxygen atoms in total. The number of fused-ring (bicyclic) bond motifs is 1. The number of alkyl halides is 3. The molecule has 4 rings (SSSR count). The van der Waals surface area contributed by atoms with Crippen molar-refractivity contribution in [2.24, 2.45) is 5.18 Å². The number of nitrogens with zero attached hydrogens (tertiary/aromatic N) is 3. The van der Waals surface area contributed by atoms with E-state index in [1.54, 1.807) is 16.7 Å². The Morgan fingerprint density at radius 2 is 1.77 bits per heavy atom. The van der Waals surface area contributed by atoms with Crippen LogP contribution in [0.1, 0.15) is 27.3 Å². The Morgan fingerprint density at radius 1 is 1.00 bits per heavy atom. The zero-order valence-corrected chi connectivity index (χ0v) is 15.7. The fourth-order valence-electron chi connectivity index (χ4n) is 3.37. The number of aromatic nitrogens is 2. The summed E-state index contributed by atoms with van der Waals surface area (Å²) in [7, 11) is 0. The zero-order chi connectivity index (χ0) is 22.2. The Hall–Kier alpha value is -3.88. The van der Waals surface area contributed by atoms with E-state index < -0.39 is 23.5 Å². The summed E-state index contributed by atoms with van der Waals surface area (Å²) in [4.78, 5) is 26.7. The average molecular weight is 427 g/mol. The van der Waals surface area contributed by atoms with Crippen LogP contribution in [0.25, 0.3) is 16.7 Å². The first-order valence-electron chi connectivity index (χ1n) is 9.07. The minimum atomic E-state index is -4.54. The fraction of sp³-hybridized carbons (Fsp3) is 0.0909. The number of nitroso groups, excluding NO2 is 1. The van der Waals surface area contributed by atoms with Crippen LogP contribution in [-0.2, 0) is 12.6 Å². The molecule has 0 aliphatic heterocycles. The third kappa shape index (κ3) is 4.07. The van der Waals surface area contributed by atoms with E-state index in [2.05, 4.69) is 10.2 Å². The predicted octanol–water partition coefficient (Wildman–Crippen LogP) is 5.68. The molecule has 3 aromatic carbocycles. The van der Waals surface area contributed by atoms with Crippen LogP contribution >= 0.6 is 0 Å². The third-order valence-corrected chi connectivity index (χ3v) is 4.74. The van der Waals surface area contributed by atoms with Gasteiger partial charge in [0.25, 0.3) is 0 Å². The minimum Gasteiger partial charge on any atom is -0.296 e. The van der Waals surface area contributed by atoms with Gasteiger partial charge < -0.3 is 0 Å². The molecule has 0 unspecified atom stereocenters. The quantitative estimate of drug-likeness (QED) is 0.311. The highest BCUT2D eigenvalue weighted by Gasteiger charge is 2.31. The number of carbonyl (C=O) groups excluding carboxylic acids is 1. The number of halogens is 4. The molecule has 0 aliphatic carbocycles. The van der Waals surface area contributed by atoms with E-state index in [1.807, 2.05) is 0 Å². The van der Waals surface area contributed by atoms with Crippen LogP contribution in [0.3, 0.4) is 0 Å². The van der Waals surface area contributed by atoms with Gasteiger partial charge in [-0.2, -0.15) is 13.2 Å². The Labute approximate surface area is 172 Å². The van der Waals surface area contributed by atoms with Gasteiger partial charge in [-0.1, -0.05) is 18.2 Å². The monoisotopic (exact) mass is 427 g/mol. The summed E-state index contributed by atoms with van der Waals surface area (Å²) in [6.07, 6.45) is -4.42.